The summed E-state index contributed by atoms with van der Waals surface area (Å²) in [4.78, 5) is 4.26. The molecule has 0 atom stereocenters. The van der Waals surface area contributed by atoms with Crippen molar-refractivity contribution in [2.24, 2.45) is 0 Å². The zero-order valence-electron chi connectivity index (χ0n) is 8.94. The van der Waals surface area contributed by atoms with E-state index >= 15 is 0 Å². The molecular weight excluding hydrogens is 188 g/mol. The maximum absolute atomic E-state index is 4.26. The van der Waals surface area contributed by atoms with Crippen molar-refractivity contribution in [1.29, 1.82) is 0 Å². The van der Waals surface area contributed by atoms with Crippen molar-refractivity contribution in [1.82, 2.24) is 14.8 Å². The fourth-order valence-electron chi connectivity index (χ4n) is 1.52. The van der Waals surface area contributed by atoms with Gasteiger partial charge in [0, 0.05) is 30.7 Å². The number of anilines is 1. The van der Waals surface area contributed by atoms with E-state index < -0.39 is 0 Å². The van der Waals surface area contributed by atoms with Crippen LogP contribution in [0.15, 0.2) is 30.6 Å². The van der Waals surface area contributed by atoms with Gasteiger partial charge in [0.05, 0.1) is 6.54 Å². The first-order valence-electron chi connectivity index (χ1n) is 4.91. The van der Waals surface area contributed by atoms with Crippen LogP contribution >= 0.6 is 0 Å². The molecule has 2 rings (SSSR count). The Morgan fingerprint density at radius 2 is 2.20 bits per heavy atom. The lowest BCUT2D eigenvalue weighted by Gasteiger charge is -2.08. The number of nitrogens with zero attached hydrogens (tertiary/aromatic N) is 3. The van der Waals surface area contributed by atoms with Gasteiger partial charge in [-0.25, -0.2) is 4.98 Å². The van der Waals surface area contributed by atoms with Crippen molar-refractivity contribution in [2.75, 3.05) is 12.4 Å². The molecule has 4 heteroatoms. The lowest BCUT2D eigenvalue weighted by Crippen LogP contribution is -2.07. The van der Waals surface area contributed by atoms with Gasteiger partial charge in [-0.3, -0.25) is 4.68 Å². The second-order valence-electron chi connectivity index (χ2n) is 3.39. The van der Waals surface area contributed by atoms with E-state index in [1.54, 1.807) is 6.20 Å². The summed E-state index contributed by atoms with van der Waals surface area (Å²) in [6.07, 6.45) is 3.59. The van der Waals surface area contributed by atoms with Crippen molar-refractivity contribution >= 4 is 5.82 Å². The molecule has 2 aromatic rings. The topological polar surface area (TPSA) is 42.7 Å². The Balaban J connectivity index is 2.28. The van der Waals surface area contributed by atoms with Gasteiger partial charge in [-0.1, -0.05) is 6.07 Å². The Bertz CT molecular complexity index is 447. The van der Waals surface area contributed by atoms with Crippen molar-refractivity contribution in [2.45, 2.75) is 13.5 Å². The van der Waals surface area contributed by atoms with Crippen molar-refractivity contribution in [3.05, 3.63) is 41.9 Å². The van der Waals surface area contributed by atoms with Crippen LogP contribution in [0.4, 0.5) is 5.82 Å². The Hall–Kier alpha value is -1.84. The van der Waals surface area contributed by atoms with Gasteiger partial charge >= 0.3 is 0 Å². The third kappa shape index (κ3) is 1.98. The quantitative estimate of drug-likeness (QED) is 0.823. The normalized spacial score (nSPS) is 10.3. The molecule has 0 saturated heterocycles. The summed E-state index contributed by atoms with van der Waals surface area (Å²) in [5.74, 6) is 0.910. The second kappa shape index (κ2) is 4.13. The van der Waals surface area contributed by atoms with Gasteiger partial charge in [0.15, 0.2) is 0 Å². The minimum Gasteiger partial charge on any atom is -0.373 e. The van der Waals surface area contributed by atoms with Gasteiger partial charge in [0.25, 0.3) is 0 Å². The van der Waals surface area contributed by atoms with Crippen LogP contribution in [0.5, 0.6) is 0 Å². The minimum absolute atomic E-state index is 0.753. The standard InChI is InChI=1S/C11H14N4/c1-9-5-7-14-15(9)8-10-4-3-6-13-11(10)12-2/h3-7H,8H2,1-2H3,(H,12,13). The van der Waals surface area contributed by atoms with Gasteiger partial charge in [0.1, 0.15) is 5.82 Å². The summed E-state index contributed by atoms with van der Waals surface area (Å²) >= 11 is 0. The number of pyridine rings is 1. The van der Waals surface area contributed by atoms with E-state index in [0.717, 1.165) is 23.6 Å². The zero-order chi connectivity index (χ0) is 10.7. The van der Waals surface area contributed by atoms with Gasteiger partial charge in [-0.15, -0.1) is 0 Å². The molecule has 0 amide bonds. The van der Waals surface area contributed by atoms with Crippen LogP contribution < -0.4 is 5.32 Å². The monoisotopic (exact) mass is 202 g/mol. The fourth-order valence-corrected chi connectivity index (χ4v) is 1.52. The van der Waals surface area contributed by atoms with Crippen molar-refractivity contribution < 1.29 is 0 Å². The van der Waals surface area contributed by atoms with Crippen LogP contribution in [0.3, 0.4) is 0 Å². The first kappa shape index (κ1) is 9.71. The maximum Gasteiger partial charge on any atom is 0.130 e. The van der Waals surface area contributed by atoms with Crippen LogP contribution in [-0.2, 0) is 6.54 Å². The molecule has 4 nitrogen and oxygen atoms in total. The first-order valence-corrected chi connectivity index (χ1v) is 4.91. The highest BCUT2D eigenvalue weighted by atomic mass is 15.3. The third-order valence-electron chi connectivity index (χ3n) is 2.38. The number of hydrogen-bond donors (Lipinski definition) is 1. The first-order chi connectivity index (χ1) is 7.31. The lowest BCUT2D eigenvalue weighted by molar-refractivity contribution is 0.664. The molecule has 15 heavy (non-hydrogen) atoms. The highest BCUT2D eigenvalue weighted by molar-refractivity contribution is 5.43. The molecule has 0 fully saturated rings. The Labute approximate surface area is 89.0 Å². The van der Waals surface area contributed by atoms with Crippen LogP contribution in [0, 0.1) is 6.92 Å². The number of rotatable bonds is 3. The van der Waals surface area contributed by atoms with Crippen LogP contribution in [0.2, 0.25) is 0 Å². The minimum atomic E-state index is 0.753. The molecule has 0 aliphatic heterocycles. The van der Waals surface area contributed by atoms with E-state index in [2.05, 4.69) is 21.5 Å². The molecule has 0 aromatic carbocycles. The zero-order valence-corrected chi connectivity index (χ0v) is 8.94. The predicted octanol–water partition coefficient (Wildman–Crippen LogP) is 1.68. The molecule has 0 aliphatic carbocycles. The summed E-state index contributed by atoms with van der Waals surface area (Å²) in [5.41, 5.74) is 2.30. The Morgan fingerprint density at radius 1 is 1.33 bits per heavy atom. The van der Waals surface area contributed by atoms with Crippen LogP contribution in [0.25, 0.3) is 0 Å². The molecule has 0 aliphatic rings. The Kier molecular flexibility index (Phi) is 2.67. The number of hydrogen-bond acceptors (Lipinski definition) is 3. The third-order valence-corrected chi connectivity index (χ3v) is 2.38. The predicted molar refractivity (Wildman–Crippen MR) is 59.8 cm³/mol. The molecule has 2 heterocycles. The number of aromatic nitrogens is 3. The van der Waals surface area contributed by atoms with Gasteiger partial charge in [-0.05, 0) is 19.1 Å². The van der Waals surface area contributed by atoms with E-state index in [-0.39, 0.29) is 0 Å². The molecular formula is C11H14N4. The highest BCUT2D eigenvalue weighted by Crippen LogP contribution is 2.12. The summed E-state index contributed by atoms with van der Waals surface area (Å²) in [5, 5.41) is 7.32. The SMILES string of the molecule is CNc1ncccc1Cn1nccc1C. The van der Waals surface area contributed by atoms with E-state index in [9.17, 15) is 0 Å². The van der Waals surface area contributed by atoms with E-state index in [0.29, 0.717) is 0 Å². The molecule has 78 valence electrons. The Morgan fingerprint density at radius 3 is 2.87 bits per heavy atom. The molecule has 0 saturated carbocycles. The summed E-state index contributed by atoms with van der Waals surface area (Å²) in [6, 6.07) is 5.99. The highest BCUT2D eigenvalue weighted by Gasteiger charge is 2.03. The second-order valence-corrected chi connectivity index (χ2v) is 3.39. The smallest absolute Gasteiger partial charge is 0.130 e. The molecule has 0 bridgehead atoms. The fraction of sp³-hybridized carbons (Fsp3) is 0.273. The molecule has 0 spiro atoms. The van der Waals surface area contributed by atoms with Crippen molar-refractivity contribution in [3.63, 3.8) is 0 Å². The average molecular weight is 202 g/mol. The number of aryl methyl sites for hydroxylation is 1. The van der Waals surface area contributed by atoms with Gasteiger partial charge in [-0.2, -0.15) is 5.10 Å². The molecule has 2 aromatic heterocycles. The van der Waals surface area contributed by atoms with E-state index in [1.165, 1.54) is 0 Å². The summed E-state index contributed by atoms with van der Waals surface area (Å²) in [6.45, 7) is 2.80. The maximum atomic E-state index is 4.26. The molecule has 0 unspecified atom stereocenters. The van der Waals surface area contributed by atoms with Crippen LogP contribution in [0.1, 0.15) is 11.3 Å². The summed E-state index contributed by atoms with van der Waals surface area (Å²) < 4.78 is 1.96. The molecule has 0 radical (unpaired) electrons. The largest absolute Gasteiger partial charge is 0.373 e. The van der Waals surface area contributed by atoms with Gasteiger partial charge in [0.2, 0.25) is 0 Å². The van der Waals surface area contributed by atoms with Gasteiger partial charge < -0.3 is 5.32 Å². The van der Waals surface area contributed by atoms with Crippen molar-refractivity contribution in [3.8, 4) is 0 Å². The molecule has 1 N–H and O–H groups in total. The lowest BCUT2D eigenvalue weighted by atomic mass is 10.2. The average Bonchev–Trinajstić information content (AvgIpc) is 2.65. The number of nitrogens with one attached hydrogen (secondary N) is 1. The van der Waals surface area contributed by atoms with E-state index in [4.69, 9.17) is 0 Å². The van der Waals surface area contributed by atoms with Crippen LogP contribution in [-0.4, -0.2) is 21.8 Å². The summed E-state index contributed by atoms with van der Waals surface area (Å²) in [7, 11) is 1.88. The van der Waals surface area contributed by atoms with E-state index in [1.807, 2.05) is 37.0 Å².